The number of carbonyl (C=O) groups excluding carboxylic acids is 1. The molecule has 0 radical (unpaired) electrons. The molecule has 1 aromatic heterocycles. The van der Waals surface area contributed by atoms with Gasteiger partial charge in [0.05, 0.1) is 5.02 Å². The quantitative estimate of drug-likeness (QED) is 0.729. The molecule has 3 rings (SSSR count). The van der Waals surface area contributed by atoms with Crippen molar-refractivity contribution in [3.05, 3.63) is 28.0 Å². The Hall–Kier alpha value is -0.800. The Balaban J connectivity index is 1.71. The van der Waals surface area contributed by atoms with Gasteiger partial charge in [-0.05, 0) is 43.2 Å². The highest BCUT2D eigenvalue weighted by molar-refractivity contribution is 6.34. The van der Waals surface area contributed by atoms with Crippen LogP contribution in [0.25, 0.3) is 0 Å². The van der Waals surface area contributed by atoms with Crippen LogP contribution in [-0.2, 0) is 0 Å². The Kier molecular flexibility index (Phi) is 3.91. The summed E-state index contributed by atoms with van der Waals surface area (Å²) in [6.07, 6.45) is 7.55. The molecular formula is C15H18Cl2N2O. The van der Waals surface area contributed by atoms with E-state index in [1.54, 1.807) is 12.1 Å². The predicted octanol–water partition coefficient (Wildman–Crippen LogP) is 4.18. The number of piperidine rings is 1. The van der Waals surface area contributed by atoms with E-state index in [9.17, 15) is 4.79 Å². The number of halogens is 2. The van der Waals surface area contributed by atoms with Gasteiger partial charge in [0.1, 0.15) is 10.8 Å². The van der Waals surface area contributed by atoms with E-state index in [1.165, 1.54) is 25.7 Å². The highest BCUT2D eigenvalue weighted by atomic mass is 35.5. The number of nitrogens with zero attached hydrogens (tertiary/aromatic N) is 2. The van der Waals surface area contributed by atoms with Gasteiger partial charge in [0.2, 0.25) is 0 Å². The van der Waals surface area contributed by atoms with Crippen LogP contribution in [-0.4, -0.2) is 28.9 Å². The minimum Gasteiger partial charge on any atom is -0.337 e. The van der Waals surface area contributed by atoms with Gasteiger partial charge in [0.15, 0.2) is 0 Å². The monoisotopic (exact) mass is 312 g/mol. The summed E-state index contributed by atoms with van der Waals surface area (Å²) in [5.74, 6) is -0.0923. The molecular weight excluding hydrogens is 295 g/mol. The Morgan fingerprint density at radius 2 is 1.75 bits per heavy atom. The molecule has 5 heteroatoms. The molecule has 2 aliphatic rings. The van der Waals surface area contributed by atoms with Crippen molar-refractivity contribution in [3.63, 3.8) is 0 Å². The summed E-state index contributed by atoms with van der Waals surface area (Å²) in [5, 5.41) is 0.683. The number of aromatic nitrogens is 1. The van der Waals surface area contributed by atoms with Crippen LogP contribution in [0.15, 0.2) is 12.1 Å². The molecule has 1 aliphatic carbocycles. The molecule has 0 bridgehead atoms. The Morgan fingerprint density at radius 3 is 2.40 bits per heavy atom. The van der Waals surface area contributed by atoms with E-state index in [-0.39, 0.29) is 11.6 Å². The van der Waals surface area contributed by atoms with Gasteiger partial charge in [-0.3, -0.25) is 4.79 Å². The van der Waals surface area contributed by atoms with Gasteiger partial charge in [-0.15, -0.1) is 0 Å². The van der Waals surface area contributed by atoms with Gasteiger partial charge in [0, 0.05) is 13.1 Å². The second kappa shape index (κ2) is 5.53. The van der Waals surface area contributed by atoms with Crippen LogP contribution in [0.5, 0.6) is 0 Å². The van der Waals surface area contributed by atoms with Gasteiger partial charge in [-0.25, -0.2) is 4.98 Å². The zero-order chi connectivity index (χ0) is 14.2. The highest BCUT2D eigenvalue weighted by Gasteiger charge is 2.38. The third-order valence-corrected chi connectivity index (χ3v) is 5.31. The molecule has 0 unspecified atom stereocenters. The first-order valence-electron chi connectivity index (χ1n) is 7.21. The highest BCUT2D eigenvalue weighted by Crippen LogP contribution is 2.46. The van der Waals surface area contributed by atoms with Crippen LogP contribution in [0.3, 0.4) is 0 Å². The molecule has 2 fully saturated rings. The van der Waals surface area contributed by atoms with Gasteiger partial charge in [-0.1, -0.05) is 36.0 Å². The van der Waals surface area contributed by atoms with Crippen LogP contribution in [0.1, 0.15) is 49.0 Å². The number of hydrogen-bond donors (Lipinski definition) is 0. The van der Waals surface area contributed by atoms with Crippen LogP contribution < -0.4 is 0 Å². The molecule has 1 aliphatic heterocycles. The third kappa shape index (κ3) is 2.66. The first kappa shape index (κ1) is 14.2. The number of carbonyl (C=O) groups is 1. The largest absolute Gasteiger partial charge is 0.337 e. The molecule has 3 nitrogen and oxygen atoms in total. The van der Waals surface area contributed by atoms with Gasteiger partial charge in [-0.2, -0.15) is 0 Å². The first-order chi connectivity index (χ1) is 9.60. The van der Waals surface area contributed by atoms with Crippen molar-refractivity contribution < 1.29 is 4.79 Å². The van der Waals surface area contributed by atoms with Crippen LogP contribution >= 0.6 is 23.2 Å². The number of rotatable bonds is 1. The lowest BCUT2D eigenvalue weighted by Gasteiger charge is -2.39. The fourth-order valence-electron chi connectivity index (χ4n) is 3.53. The molecule has 1 amide bonds. The zero-order valence-corrected chi connectivity index (χ0v) is 12.9. The standard InChI is InChI=1S/C15H18Cl2N2O/c16-11-3-4-12(17)18-13(11)14(20)19-9-7-15(8-10-19)5-1-2-6-15/h3-4H,1-2,5-10H2. The van der Waals surface area contributed by atoms with Crippen molar-refractivity contribution in [3.8, 4) is 0 Å². The molecule has 0 N–H and O–H groups in total. The Labute approximate surface area is 129 Å². The van der Waals surface area contributed by atoms with Crippen LogP contribution in [0.4, 0.5) is 0 Å². The predicted molar refractivity (Wildman–Crippen MR) is 80.3 cm³/mol. The molecule has 1 spiro atoms. The van der Waals surface area contributed by atoms with E-state index in [1.807, 2.05) is 4.90 Å². The number of pyridine rings is 1. The van der Waals surface area contributed by atoms with Crippen LogP contribution in [0.2, 0.25) is 10.2 Å². The lowest BCUT2D eigenvalue weighted by Crippen LogP contribution is -2.42. The minimum atomic E-state index is -0.0923. The summed E-state index contributed by atoms with van der Waals surface area (Å²) in [6.45, 7) is 1.62. The Morgan fingerprint density at radius 1 is 1.10 bits per heavy atom. The van der Waals surface area contributed by atoms with E-state index >= 15 is 0 Å². The van der Waals surface area contributed by atoms with E-state index in [0.717, 1.165) is 25.9 Å². The molecule has 1 aromatic rings. The van der Waals surface area contributed by atoms with Gasteiger partial charge >= 0.3 is 0 Å². The van der Waals surface area contributed by atoms with E-state index in [2.05, 4.69) is 4.98 Å². The summed E-state index contributed by atoms with van der Waals surface area (Å²) in [4.78, 5) is 18.4. The van der Waals surface area contributed by atoms with Crippen molar-refractivity contribution in [2.75, 3.05) is 13.1 Å². The summed E-state index contributed by atoms with van der Waals surface area (Å²) in [6, 6.07) is 3.23. The first-order valence-corrected chi connectivity index (χ1v) is 7.97. The average Bonchev–Trinajstić information content (AvgIpc) is 2.90. The van der Waals surface area contributed by atoms with E-state index in [0.29, 0.717) is 15.6 Å². The molecule has 2 heterocycles. The normalized spacial score (nSPS) is 21.4. The summed E-state index contributed by atoms with van der Waals surface area (Å²) >= 11 is 11.9. The maximum absolute atomic E-state index is 12.5. The van der Waals surface area contributed by atoms with Crippen LogP contribution in [0, 0.1) is 5.41 Å². The molecule has 0 aromatic carbocycles. The molecule has 20 heavy (non-hydrogen) atoms. The summed E-state index contributed by atoms with van der Waals surface area (Å²) in [7, 11) is 0. The lowest BCUT2D eigenvalue weighted by molar-refractivity contribution is 0.0582. The lowest BCUT2D eigenvalue weighted by atomic mass is 9.77. The Bertz CT molecular complexity index is 517. The number of hydrogen-bond acceptors (Lipinski definition) is 2. The zero-order valence-electron chi connectivity index (χ0n) is 11.4. The number of likely N-dealkylation sites (tertiary alicyclic amines) is 1. The van der Waals surface area contributed by atoms with E-state index < -0.39 is 0 Å². The third-order valence-electron chi connectivity index (χ3n) is 4.79. The van der Waals surface area contributed by atoms with Gasteiger partial charge < -0.3 is 4.90 Å². The molecule has 1 saturated carbocycles. The smallest absolute Gasteiger partial charge is 0.274 e. The maximum Gasteiger partial charge on any atom is 0.274 e. The van der Waals surface area contributed by atoms with Crippen molar-refractivity contribution in [1.29, 1.82) is 0 Å². The molecule has 1 saturated heterocycles. The van der Waals surface area contributed by atoms with E-state index in [4.69, 9.17) is 23.2 Å². The minimum absolute atomic E-state index is 0.0923. The second-order valence-corrected chi connectivity index (χ2v) is 6.76. The van der Waals surface area contributed by atoms with Crippen molar-refractivity contribution >= 4 is 29.1 Å². The molecule has 108 valence electrons. The summed E-state index contributed by atoms with van der Waals surface area (Å²) < 4.78 is 0. The molecule has 0 atom stereocenters. The van der Waals surface area contributed by atoms with Crippen molar-refractivity contribution in [2.24, 2.45) is 5.41 Å². The van der Waals surface area contributed by atoms with Gasteiger partial charge in [0.25, 0.3) is 5.91 Å². The maximum atomic E-state index is 12.5. The van der Waals surface area contributed by atoms with Crippen molar-refractivity contribution in [1.82, 2.24) is 9.88 Å². The van der Waals surface area contributed by atoms with Crippen molar-refractivity contribution in [2.45, 2.75) is 38.5 Å². The SMILES string of the molecule is O=C(c1nc(Cl)ccc1Cl)N1CCC2(CCCC2)CC1. The summed E-state index contributed by atoms with van der Waals surface area (Å²) in [5.41, 5.74) is 0.782. The fourth-order valence-corrected chi connectivity index (χ4v) is 3.86. The fraction of sp³-hybridized carbons (Fsp3) is 0.600. The average molecular weight is 313 g/mol. The second-order valence-electron chi connectivity index (χ2n) is 5.96. The number of amides is 1. The topological polar surface area (TPSA) is 33.2 Å².